The number of aromatic amines is 1. The fraction of sp³-hybridized carbons (Fsp3) is 0.364. The second kappa shape index (κ2) is 3.61. The molecular formula is C11H11BrN2O. The average molecular weight is 267 g/mol. The van der Waals surface area contributed by atoms with Crippen molar-refractivity contribution in [3.63, 3.8) is 0 Å². The highest BCUT2D eigenvalue weighted by atomic mass is 79.9. The van der Waals surface area contributed by atoms with Crippen LogP contribution in [0.15, 0.2) is 22.7 Å². The number of hydrogen-bond donors (Lipinski definition) is 1. The van der Waals surface area contributed by atoms with Crippen molar-refractivity contribution in [2.24, 2.45) is 0 Å². The first-order chi connectivity index (χ1) is 7.33. The smallest absolute Gasteiger partial charge is 0.136 e. The molecule has 1 atom stereocenters. The Hall–Kier alpha value is -0.870. The van der Waals surface area contributed by atoms with Gasteiger partial charge in [0.05, 0.1) is 11.0 Å². The zero-order valence-electron chi connectivity index (χ0n) is 8.16. The number of imidazole rings is 1. The Morgan fingerprint density at radius 3 is 3.20 bits per heavy atom. The molecule has 78 valence electrons. The van der Waals surface area contributed by atoms with Crippen LogP contribution in [0.25, 0.3) is 11.0 Å². The molecule has 15 heavy (non-hydrogen) atoms. The van der Waals surface area contributed by atoms with Gasteiger partial charge < -0.3 is 9.72 Å². The molecule has 4 heteroatoms. The van der Waals surface area contributed by atoms with Gasteiger partial charge in [0.15, 0.2) is 0 Å². The Labute approximate surface area is 96.0 Å². The standard InChI is InChI=1S/C11H11BrN2O/c12-7-3-4-8-9(6-7)14-11(13-8)10-2-1-5-15-10/h3-4,6,10H,1-2,5H2,(H,13,14). The molecule has 3 nitrogen and oxygen atoms in total. The SMILES string of the molecule is Brc1ccc2nc(C3CCCO3)[nH]c2c1. The fourth-order valence-corrected chi connectivity index (χ4v) is 2.31. The van der Waals surface area contributed by atoms with Crippen molar-refractivity contribution in [1.82, 2.24) is 9.97 Å². The highest BCUT2D eigenvalue weighted by molar-refractivity contribution is 9.10. The van der Waals surface area contributed by atoms with E-state index < -0.39 is 0 Å². The van der Waals surface area contributed by atoms with Gasteiger partial charge >= 0.3 is 0 Å². The second-order valence-corrected chi connectivity index (χ2v) is 4.70. The van der Waals surface area contributed by atoms with Crippen LogP contribution in [0.2, 0.25) is 0 Å². The number of nitrogens with zero attached hydrogens (tertiary/aromatic N) is 1. The molecule has 1 fully saturated rings. The second-order valence-electron chi connectivity index (χ2n) is 3.79. The zero-order chi connectivity index (χ0) is 10.3. The van der Waals surface area contributed by atoms with Crippen molar-refractivity contribution < 1.29 is 4.74 Å². The number of benzene rings is 1. The predicted molar refractivity (Wildman–Crippen MR) is 61.7 cm³/mol. The minimum absolute atomic E-state index is 0.163. The summed E-state index contributed by atoms with van der Waals surface area (Å²) in [6, 6.07) is 6.05. The maximum absolute atomic E-state index is 5.59. The van der Waals surface area contributed by atoms with Crippen LogP contribution >= 0.6 is 15.9 Å². The van der Waals surface area contributed by atoms with Crippen molar-refractivity contribution >= 4 is 27.0 Å². The van der Waals surface area contributed by atoms with Crippen LogP contribution in [-0.2, 0) is 4.74 Å². The van der Waals surface area contributed by atoms with Crippen LogP contribution in [0.5, 0.6) is 0 Å². The quantitative estimate of drug-likeness (QED) is 0.861. The summed E-state index contributed by atoms with van der Waals surface area (Å²) in [6.07, 6.45) is 2.36. The summed E-state index contributed by atoms with van der Waals surface area (Å²) in [5.41, 5.74) is 2.07. The van der Waals surface area contributed by atoms with Gasteiger partial charge in [-0.25, -0.2) is 4.98 Å². The number of aromatic nitrogens is 2. The van der Waals surface area contributed by atoms with E-state index in [1.54, 1.807) is 0 Å². The van der Waals surface area contributed by atoms with E-state index in [-0.39, 0.29) is 6.10 Å². The molecule has 1 saturated heterocycles. The van der Waals surface area contributed by atoms with Gasteiger partial charge in [0.25, 0.3) is 0 Å². The van der Waals surface area contributed by atoms with Gasteiger partial charge in [-0.15, -0.1) is 0 Å². The molecule has 0 radical (unpaired) electrons. The van der Waals surface area contributed by atoms with Gasteiger partial charge in [0.1, 0.15) is 11.9 Å². The van der Waals surface area contributed by atoms with Crippen LogP contribution in [0.3, 0.4) is 0 Å². The van der Waals surface area contributed by atoms with Gasteiger partial charge in [0.2, 0.25) is 0 Å². The Morgan fingerprint density at radius 1 is 1.47 bits per heavy atom. The fourth-order valence-electron chi connectivity index (χ4n) is 1.95. The molecule has 1 N–H and O–H groups in total. The van der Waals surface area contributed by atoms with Gasteiger partial charge in [-0.3, -0.25) is 0 Å². The molecule has 1 aromatic carbocycles. The molecule has 1 aliphatic rings. The summed E-state index contributed by atoms with van der Waals surface area (Å²) in [5, 5.41) is 0. The van der Waals surface area contributed by atoms with Crippen molar-refractivity contribution in [2.45, 2.75) is 18.9 Å². The highest BCUT2D eigenvalue weighted by Gasteiger charge is 2.20. The lowest BCUT2D eigenvalue weighted by Crippen LogP contribution is -1.97. The monoisotopic (exact) mass is 266 g/mol. The summed E-state index contributed by atoms with van der Waals surface area (Å²) in [4.78, 5) is 7.85. The van der Waals surface area contributed by atoms with Gasteiger partial charge in [-0.2, -0.15) is 0 Å². The molecule has 0 bridgehead atoms. The lowest BCUT2D eigenvalue weighted by Gasteiger charge is -2.03. The molecule has 1 aromatic heterocycles. The minimum Gasteiger partial charge on any atom is -0.370 e. The molecule has 0 aliphatic carbocycles. The molecule has 0 spiro atoms. The molecule has 1 aliphatic heterocycles. The van der Waals surface area contributed by atoms with E-state index in [0.29, 0.717) is 0 Å². The number of fused-ring (bicyclic) bond motifs is 1. The van der Waals surface area contributed by atoms with Crippen molar-refractivity contribution in [1.29, 1.82) is 0 Å². The predicted octanol–water partition coefficient (Wildman–Crippen LogP) is 3.18. The summed E-state index contributed by atoms with van der Waals surface area (Å²) >= 11 is 3.45. The number of H-pyrrole nitrogens is 1. The maximum Gasteiger partial charge on any atom is 0.136 e. The third-order valence-corrected chi connectivity index (χ3v) is 3.19. The van der Waals surface area contributed by atoms with Crippen LogP contribution in [0.4, 0.5) is 0 Å². The lowest BCUT2D eigenvalue weighted by atomic mass is 10.2. The molecule has 3 rings (SSSR count). The van der Waals surface area contributed by atoms with Gasteiger partial charge in [0, 0.05) is 11.1 Å². The van der Waals surface area contributed by atoms with E-state index in [0.717, 1.165) is 40.8 Å². The Morgan fingerprint density at radius 2 is 2.40 bits per heavy atom. The molecule has 1 unspecified atom stereocenters. The van der Waals surface area contributed by atoms with Gasteiger partial charge in [-0.05, 0) is 31.0 Å². The van der Waals surface area contributed by atoms with Crippen molar-refractivity contribution in [3.05, 3.63) is 28.5 Å². The summed E-state index contributed by atoms with van der Waals surface area (Å²) in [5.74, 6) is 0.959. The summed E-state index contributed by atoms with van der Waals surface area (Å²) in [6.45, 7) is 0.853. The highest BCUT2D eigenvalue weighted by Crippen LogP contribution is 2.28. The largest absolute Gasteiger partial charge is 0.370 e. The number of halogens is 1. The number of nitrogens with one attached hydrogen (secondary N) is 1. The van der Waals surface area contributed by atoms with Crippen molar-refractivity contribution in [2.75, 3.05) is 6.61 Å². The number of ether oxygens (including phenoxy) is 1. The van der Waals surface area contributed by atoms with Crippen LogP contribution < -0.4 is 0 Å². The number of rotatable bonds is 1. The average Bonchev–Trinajstić information content (AvgIpc) is 2.84. The van der Waals surface area contributed by atoms with E-state index in [1.807, 2.05) is 18.2 Å². The van der Waals surface area contributed by atoms with E-state index >= 15 is 0 Å². The minimum atomic E-state index is 0.163. The van der Waals surface area contributed by atoms with Crippen LogP contribution in [0.1, 0.15) is 24.8 Å². The Balaban J connectivity index is 2.05. The molecule has 2 heterocycles. The van der Waals surface area contributed by atoms with E-state index in [9.17, 15) is 0 Å². The van der Waals surface area contributed by atoms with E-state index in [1.165, 1.54) is 0 Å². The Bertz CT molecular complexity index is 488. The molecular weight excluding hydrogens is 256 g/mol. The van der Waals surface area contributed by atoms with Crippen LogP contribution in [0, 0.1) is 0 Å². The topological polar surface area (TPSA) is 37.9 Å². The van der Waals surface area contributed by atoms with Gasteiger partial charge in [-0.1, -0.05) is 15.9 Å². The van der Waals surface area contributed by atoms with E-state index in [2.05, 4.69) is 25.9 Å². The first-order valence-electron chi connectivity index (χ1n) is 5.10. The lowest BCUT2D eigenvalue weighted by molar-refractivity contribution is 0.106. The Kier molecular flexibility index (Phi) is 2.25. The number of hydrogen-bond acceptors (Lipinski definition) is 2. The third-order valence-electron chi connectivity index (χ3n) is 2.70. The van der Waals surface area contributed by atoms with Crippen molar-refractivity contribution in [3.8, 4) is 0 Å². The first kappa shape index (κ1) is 9.36. The third kappa shape index (κ3) is 1.68. The normalized spacial score (nSPS) is 21.3. The molecule has 0 amide bonds. The first-order valence-corrected chi connectivity index (χ1v) is 5.89. The van der Waals surface area contributed by atoms with Crippen LogP contribution in [-0.4, -0.2) is 16.6 Å². The molecule has 0 saturated carbocycles. The molecule has 2 aromatic rings. The zero-order valence-corrected chi connectivity index (χ0v) is 9.75. The summed E-state index contributed by atoms with van der Waals surface area (Å²) in [7, 11) is 0. The maximum atomic E-state index is 5.59. The van der Waals surface area contributed by atoms with E-state index in [4.69, 9.17) is 4.74 Å². The summed E-state index contributed by atoms with van der Waals surface area (Å²) < 4.78 is 6.66.